The first-order valence-corrected chi connectivity index (χ1v) is 9.86. The molecule has 0 aromatic heterocycles. The third kappa shape index (κ3) is 3.80. The summed E-state index contributed by atoms with van der Waals surface area (Å²) in [5, 5.41) is 0.627. The van der Waals surface area contributed by atoms with Crippen molar-refractivity contribution in [3.63, 3.8) is 0 Å². The molecule has 1 unspecified atom stereocenters. The molecule has 0 saturated carbocycles. The third-order valence-electron chi connectivity index (χ3n) is 4.91. The minimum absolute atomic E-state index is 0.0718. The van der Waals surface area contributed by atoms with Crippen LogP contribution in [0.25, 0.3) is 0 Å². The first-order valence-electron chi connectivity index (χ1n) is 9.49. The Kier molecular flexibility index (Phi) is 6.15. The van der Waals surface area contributed by atoms with E-state index < -0.39 is 5.97 Å². The van der Waals surface area contributed by atoms with Gasteiger partial charge in [-0.2, -0.15) is 0 Å². The monoisotopic (exact) mass is 400 g/mol. The van der Waals surface area contributed by atoms with Gasteiger partial charge < -0.3 is 20.1 Å². The molecule has 28 heavy (non-hydrogen) atoms. The number of benzene rings is 2. The predicted octanol–water partition coefficient (Wildman–Crippen LogP) is 4.44. The van der Waals surface area contributed by atoms with Crippen LogP contribution in [0.2, 0.25) is 5.02 Å². The quantitative estimate of drug-likeness (QED) is 0.726. The molecule has 0 fully saturated rings. The van der Waals surface area contributed by atoms with Gasteiger partial charge in [0.15, 0.2) is 0 Å². The molecule has 0 bridgehead atoms. The van der Waals surface area contributed by atoms with E-state index in [1.54, 1.807) is 19.1 Å². The number of esters is 1. The van der Waals surface area contributed by atoms with Gasteiger partial charge in [0.25, 0.3) is 0 Å². The molecule has 2 aromatic rings. The number of ether oxygens (including phenoxy) is 2. The van der Waals surface area contributed by atoms with Gasteiger partial charge in [0, 0.05) is 35.4 Å². The van der Waals surface area contributed by atoms with Crippen molar-refractivity contribution in [3.05, 3.63) is 70.1 Å². The number of nitrogens with zero attached hydrogens (tertiary/aromatic N) is 1. The Bertz CT molecular complexity index is 889. The topological polar surface area (TPSA) is 64.8 Å². The van der Waals surface area contributed by atoms with Crippen LogP contribution in [0.5, 0.6) is 5.75 Å². The van der Waals surface area contributed by atoms with Crippen molar-refractivity contribution in [3.8, 4) is 5.75 Å². The molecule has 2 N–H and O–H groups in total. The first-order chi connectivity index (χ1) is 13.5. The van der Waals surface area contributed by atoms with Crippen molar-refractivity contribution in [1.82, 2.24) is 0 Å². The van der Waals surface area contributed by atoms with Crippen LogP contribution >= 0.6 is 11.6 Å². The van der Waals surface area contributed by atoms with Crippen LogP contribution in [0.15, 0.2) is 53.9 Å². The van der Waals surface area contributed by atoms with Gasteiger partial charge in [-0.05, 0) is 44.5 Å². The van der Waals surface area contributed by atoms with E-state index in [0.717, 1.165) is 29.9 Å². The Labute approximate surface area is 170 Å². The van der Waals surface area contributed by atoms with Gasteiger partial charge in [0.2, 0.25) is 5.88 Å². The van der Waals surface area contributed by atoms with Crippen LogP contribution in [-0.4, -0.2) is 25.7 Å². The van der Waals surface area contributed by atoms with Crippen LogP contribution in [0.4, 0.5) is 5.69 Å². The maximum absolute atomic E-state index is 12.7. The summed E-state index contributed by atoms with van der Waals surface area (Å²) in [7, 11) is 0. The average Bonchev–Trinajstić information content (AvgIpc) is 2.68. The van der Waals surface area contributed by atoms with E-state index in [1.807, 2.05) is 30.3 Å². The van der Waals surface area contributed by atoms with Crippen molar-refractivity contribution >= 4 is 23.3 Å². The van der Waals surface area contributed by atoms with Gasteiger partial charge in [0.1, 0.15) is 11.3 Å². The number of hydrogen-bond donors (Lipinski definition) is 1. The molecule has 1 aliphatic heterocycles. The molecule has 0 spiro atoms. The molecule has 1 heterocycles. The van der Waals surface area contributed by atoms with Gasteiger partial charge >= 0.3 is 5.97 Å². The van der Waals surface area contributed by atoms with E-state index in [1.165, 1.54) is 0 Å². The van der Waals surface area contributed by atoms with E-state index in [-0.39, 0.29) is 18.4 Å². The van der Waals surface area contributed by atoms with E-state index in [0.29, 0.717) is 16.3 Å². The van der Waals surface area contributed by atoms with Crippen LogP contribution < -0.4 is 15.4 Å². The number of hydrogen-bond acceptors (Lipinski definition) is 5. The van der Waals surface area contributed by atoms with Crippen LogP contribution in [0.1, 0.15) is 37.8 Å². The molecule has 3 rings (SSSR count). The Morgan fingerprint density at radius 2 is 1.82 bits per heavy atom. The minimum Gasteiger partial charge on any atom is -0.462 e. The van der Waals surface area contributed by atoms with Crippen LogP contribution in [0, 0.1) is 0 Å². The SMILES string of the molecule is CCOC(=O)C1=C(N)Oc2cc(N(CC)CC)ccc2C1c1ccc(Cl)cc1. The number of carbonyl (C=O) groups is 1. The van der Waals surface area contributed by atoms with E-state index in [2.05, 4.69) is 18.7 Å². The van der Waals surface area contributed by atoms with Gasteiger partial charge in [0.05, 0.1) is 12.5 Å². The summed E-state index contributed by atoms with van der Waals surface area (Å²) in [6.45, 7) is 8.00. The zero-order valence-electron chi connectivity index (χ0n) is 16.4. The summed E-state index contributed by atoms with van der Waals surface area (Å²) in [5.74, 6) is -0.137. The van der Waals surface area contributed by atoms with Crippen molar-refractivity contribution in [2.45, 2.75) is 26.7 Å². The second-order valence-corrected chi connectivity index (χ2v) is 6.92. The lowest BCUT2D eigenvalue weighted by Gasteiger charge is -2.30. The van der Waals surface area contributed by atoms with Gasteiger partial charge in [-0.1, -0.05) is 29.8 Å². The van der Waals surface area contributed by atoms with Crippen molar-refractivity contribution in [2.24, 2.45) is 5.73 Å². The second-order valence-electron chi connectivity index (χ2n) is 6.48. The minimum atomic E-state index is -0.474. The normalized spacial score (nSPS) is 15.6. The molecular formula is C22H25ClN2O3. The highest BCUT2D eigenvalue weighted by molar-refractivity contribution is 6.30. The van der Waals surface area contributed by atoms with Gasteiger partial charge in [-0.15, -0.1) is 0 Å². The Balaban J connectivity index is 2.14. The maximum Gasteiger partial charge on any atom is 0.340 e. The number of carbonyl (C=O) groups excluding carboxylic acids is 1. The predicted molar refractivity (Wildman–Crippen MR) is 112 cm³/mol. The smallest absolute Gasteiger partial charge is 0.340 e. The fourth-order valence-electron chi connectivity index (χ4n) is 3.54. The fraction of sp³-hybridized carbons (Fsp3) is 0.318. The molecule has 0 aliphatic carbocycles. The Hall–Kier alpha value is -2.66. The lowest BCUT2D eigenvalue weighted by molar-refractivity contribution is -0.139. The maximum atomic E-state index is 12.7. The molecule has 148 valence electrons. The lowest BCUT2D eigenvalue weighted by Crippen LogP contribution is -2.28. The summed E-state index contributed by atoms with van der Waals surface area (Å²) in [5.41, 5.74) is 9.32. The van der Waals surface area contributed by atoms with E-state index in [4.69, 9.17) is 26.8 Å². The van der Waals surface area contributed by atoms with Crippen LogP contribution in [-0.2, 0) is 9.53 Å². The molecule has 1 atom stereocenters. The van der Waals surface area contributed by atoms with Crippen molar-refractivity contribution in [1.29, 1.82) is 0 Å². The molecule has 0 amide bonds. The number of halogens is 1. The first kappa shape index (κ1) is 20.1. The van der Waals surface area contributed by atoms with E-state index in [9.17, 15) is 4.79 Å². The molecule has 0 radical (unpaired) electrons. The number of anilines is 1. The van der Waals surface area contributed by atoms with E-state index >= 15 is 0 Å². The Morgan fingerprint density at radius 3 is 2.43 bits per heavy atom. The number of nitrogens with two attached hydrogens (primary N) is 1. The zero-order valence-corrected chi connectivity index (χ0v) is 17.1. The summed E-state index contributed by atoms with van der Waals surface area (Å²) >= 11 is 6.06. The highest BCUT2D eigenvalue weighted by atomic mass is 35.5. The summed E-state index contributed by atoms with van der Waals surface area (Å²) in [4.78, 5) is 14.9. The largest absolute Gasteiger partial charge is 0.462 e. The molecule has 1 aliphatic rings. The second kappa shape index (κ2) is 8.57. The zero-order chi connectivity index (χ0) is 20.3. The molecular weight excluding hydrogens is 376 g/mol. The highest BCUT2D eigenvalue weighted by Gasteiger charge is 2.35. The summed E-state index contributed by atoms with van der Waals surface area (Å²) < 4.78 is 11.1. The van der Waals surface area contributed by atoms with Crippen LogP contribution in [0.3, 0.4) is 0 Å². The fourth-order valence-corrected chi connectivity index (χ4v) is 3.66. The number of fused-ring (bicyclic) bond motifs is 1. The lowest BCUT2D eigenvalue weighted by atomic mass is 9.83. The molecule has 2 aromatic carbocycles. The molecule has 6 heteroatoms. The third-order valence-corrected chi connectivity index (χ3v) is 5.16. The Morgan fingerprint density at radius 1 is 1.14 bits per heavy atom. The van der Waals surface area contributed by atoms with Gasteiger partial charge in [-0.25, -0.2) is 4.79 Å². The average molecular weight is 401 g/mol. The highest BCUT2D eigenvalue weighted by Crippen LogP contribution is 2.44. The standard InChI is InChI=1S/C22H25ClN2O3/c1-4-25(5-2)16-11-12-17-18(13-16)28-21(24)20(22(26)27-6-3)19(17)14-7-9-15(23)10-8-14/h7-13,19H,4-6,24H2,1-3H3. The van der Waals surface area contributed by atoms with Crippen molar-refractivity contribution < 1.29 is 14.3 Å². The summed E-state index contributed by atoms with van der Waals surface area (Å²) in [6.07, 6.45) is 0. The number of rotatable bonds is 6. The van der Waals surface area contributed by atoms with Crippen molar-refractivity contribution in [2.75, 3.05) is 24.6 Å². The summed E-state index contributed by atoms with van der Waals surface area (Å²) in [6, 6.07) is 13.4. The van der Waals surface area contributed by atoms with Gasteiger partial charge in [-0.3, -0.25) is 0 Å². The molecule has 0 saturated heterocycles. The molecule has 5 nitrogen and oxygen atoms in total.